The van der Waals surface area contributed by atoms with E-state index in [9.17, 15) is 4.79 Å². The first kappa shape index (κ1) is 11.1. The Kier molecular flexibility index (Phi) is 3.25. The monoisotopic (exact) mass is 219 g/mol. The number of carboxylic acids is 1. The summed E-state index contributed by atoms with van der Waals surface area (Å²) in [6.45, 7) is 3.69. The van der Waals surface area contributed by atoms with Gasteiger partial charge in [0, 0.05) is 12.6 Å². The molecule has 0 radical (unpaired) electrons. The Bertz CT molecular complexity index is 363. The van der Waals surface area contributed by atoms with Gasteiger partial charge in [-0.05, 0) is 25.5 Å². The Labute approximate surface area is 95.7 Å². The van der Waals surface area contributed by atoms with Gasteiger partial charge in [0.05, 0.1) is 5.92 Å². The van der Waals surface area contributed by atoms with Crippen molar-refractivity contribution in [1.82, 2.24) is 4.90 Å². The second-order valence-electron chi connectivity index (χ2n) is 4.41. The van der Waals surface area contributed by atoms with E-state index in [1.54, 1.807) is 0 Å². The van der Waals surface area contributed by atoms with Gasteiger partial charge in [-0.15, -0.1) is 0 Å². The minimum atomic E-state index is -0.664. The zero-order valence-corrected chi connectivity index (χ0v) is 9.47. The van der Waals surface area contributed by atoms with Crippen LogP contribution in [0.2, 0.25) is 0 Å². The summed E-state index contributed by atoms with van der Waals surface area (Å²) in [6, 6.07) is 10.6. The van der Waals surface area contributed by atoms with Crippen LogP contribution < -0.4 is 0 Å². The van der Waals surface area contributed by atoms with Crippen molar-refractivity contribution >= 4 is 5.97 Å². The molecule has 0 bridgehead atoms. The van der Waals surface area contributed by atoms with Crippen molar-refractivity contribution < 1.29 is 9.90 Å². The molecule has 2 unspecified atom stereocenters. The highest BCUT2D eigenvalue weighted by Gasteiger charge is 2.30. The van der Waals surface area contributed by atoms with Crippen molar-refractivity contribution in [1.29, 1.82) is 0 Å². The number of rotatable bonds is 3. The van der Waals surface area contributed by atoms with Crippen molar-refractivity contribution in [2.45, 2.75) is 19.4 Å². The summed E-state index contributed by atoms with van der Waals surface area (Å²) >= 11 is 0. The van der Waals surface area contributed by atoms with E-state index >= 15 is 0 Å². The van der Waals surface area contributed by atoms with Crippen LogP contribution in [0.5, 0.6) is 0 Å². The van der Waals surface area contributed by atoms with E-state index in [2.05, 4.69) is 24.0 Å². The molecule has 0 aromatic heterocycles. The molecule has 3 nitrogen and oxygen atoms in total. The lowest BCUT2D eigenvalue weighted by Crippen LogP contribution is -2.26. The number of carbonyl (C=O) groups is 1. The Morgan fingerprint density at radius 1 is 1.44 bits per heavy atom. The van der Waals surface area contributed by atoms with Gasteiger partial charge in [0.15, 0.2) is 0 Å². The number of nitrogens with zero attached hydrogens (tertiary/aromatic N) is 1. The molecule has 1 N–H and O–H groups in total. The Morgan fingerprint density at radius 2 is 2.12 bits per heavy atom. The summed E-state index contributed by atoms with van der Waals surface area (Å²) in [7, 11) is 0. The molecule has 0 aliphatic carbocycles. The molecule has 3 heteroatoms. The lowest BCUT2D eigenvalue weighted by molar-refractivity contribution is -0.141. The van der Waals surface area contributed by atoms with E-state index in [1.165, 1.54) is 5.56 Å². The third kappa shape index (κ3) is 2.25. The minimum absolute atomic E-state index is 0.189. The predicted molar refractivity (Wildman–Crippen MR) is 62.2 cm³/mol. The van der Waals surface area contributed by atoms with Gasteiger partial charge in [-0.2, -0.15) is 0 Å². The predicted octanol–water partition coefficient (Wildman–Crippen LogP) is 2.15. The van der Waals surface area contributed by atoms with E-state index in [0.717, 1.165) is 13.0 Å². The highest BCUT2D eigenvalue weighted by molar-refractivity contribution is 5.70. The van der Waals surface area contributed by atoms with Gasteiger partial charge < -0.3 is 5.11 Å². The summed E-state index contributed by atoms with van der Waals surface area (Å²) in [5.41, 5.74) is 1.26. The fourth-order valence-corrected chi connectivity index (χ4v) is 2.28. The van der Waals surface area contributed by atoms with Crippen LogP contribution in [-0.2, 0) is 4.79 Å². The van der Waals surface area contributed by atoms with E-state index in [1.807, 2.05) is 18.2 Å². The lowest BCUT2D eigenvalue weighted by atomic mass is 10.1. The Hall–Kier alpha value is -1.35. The smallest absolute Gasteiger partial charge is 0.307 e. The van der Waals surface area contributed by atoms with Gasteiger partial charge in [0.2, 0.25) is 0 Å². The number of benzene rings is 1. The van der Waals surface area contributed by atoms with Crippen molar-refractivity contribution in [2.24, 2.45) is 5.92 Å². The molecule has 86 valence electrons. The maximum atomic E-state index is 10.9. The quantitative estimate of drug-likeness (QED) is 0.846. The minimum Gasteiger partial charge on any atom is -0.481 e. The van der Waals surface area contributed by atoms with Crippen LogP contribution in [0.15, 0.2) is 30.3 Å². The molecule has 1 heterocycles. The van der Waals surface area contributed by atoms with Crippen LogP contribution in [0.3, 0.4) is 0 Å². The van der Waals surface area contributed by atoms with E-state index in [4.69, 9.17) is 5.11 Å². The van der Waals surface area contributed by atoms with Gasteiger partial charge in [0.1, 0.15) is 0 Å². The standard InChI is InChI=1S/C13H17NO2/c1-10(11-5-3-2-4-6-11)14-8-7-12(9-14)13(15)16/h2-6,10,12H,7-9H2,1H3,(H,15,16). The summed E-state index contributed by atoms with van der Waals surface area (Å²) < 4.78 is 0. The normalized spacial score (nSPS) is 23.2. The summed E-state index contributed by atoms with van der Waals surface area (Å²) in [6.07, 6.45) is 0.770. The van der Waals surface area contributed by atoms with Crippen LogP contribution in [0.25, 0.3) is 0 Å². The van der Waals surface area contributed by atoms with E-state index in [0.29, 0.717) is 12.6 Å². The van der Waals surface area contributed by atoms with Crippen molar-refractivity contribution in [3.8, 4) is 0 Å². The molecule has 2 atom stereocenters. The molecule has 2 rings (SSSR count). The molecule has 1 aromatic rings. The fraction of sp³-hybridized carbons (Fsp3) is 0.462. The van der Waals surface area contributed by atoms with Crippen molar-refractivity contribution in [2.75, 3.05) is 13.1 Å². The van der Waals surface area contributed by atoms with Gasteiger partial charge in [-0.25, -0.2) is 0 Å². The van der Waals surface area contributed by atoms with E-state index < -0.39 is 5.97 Å². The largest absolute Gasteiger partial charge is 0.481 e. The van der Waals surface area contributed by atoms with Crippen LogP contribution in [0.1, 0.15) is 24.9 Å². The van der Waals surface area contributed by atoms with E-state index in [-0.39, 0.29) is 5.92 Å². The molecular formula is C13H17NO2. The molecule has 1 saturated heterocycles. The van der Waals surface area contributed by atoms with Gasteiger partial charge >= 0.3 is 5.97 Å². The SMILES string of the molecule is CC(c1ccccc1)N1CCC(C(=O)O)C1. The van der Waals surface area contributed by atoms with Gasteiger partial charge in [0.25, 0.3) is 0 Å². The summed E-state index contributed by atoms with van der Waals surface area (Å²) in [5.74, 6) is -0.853. The van der Waals surface area contributed by atoms with Crippen LogP contribution in [-0.4, -0.2) is 29.1 Å². The third-order valence-electron chi connectivity index (χ3n) is 3.40. The van der Waals surface area contributed by atoms with Gasteiger partial charge in [-0.1, -0.05) is 30.3 Å². The maximum Gasteiger partial charge on any atom is 0.307 e. The molecular weight excluding hydrogens is 202 g/mol. The second kappa shape index (κ2) is 4.66. The highest BCUT2D eigenvalue weighted by Crippen LogP contribution is 2.27. The topological polar surface area (TPSA) is 40.5 Å². The number of carboxylic acid groups (broad SMARTS) is 1. The van der Waals surface area contributed by atoms with Crippen LogP contribution in [0.4, 0.5) is 0 Å². The van der Waals surface area contributed by atoms with Crippen LogP contribution in [0, 0.1) is 5.92 Å². The molecule has 0 spiro atoms. The Balaban J connectivity index is 2.02. The molecule has 1 aromatic carbocycles. The molecule has 16 heavy (non-hydrogen) atoms. The average molecular weight is 219 g/mol. The average Bonchev–Trinajstić information content (AvgIpc) is 2.78. The number of hydrogen-bond donors (Lipinski definition) is 1. The number of hydrogen-bond acceptors (Lipinski definition) is 2. The molecule has 1 aliphatic heterocycles. The number of aliphatic carboxylic acids is 1. The highest BCUT2D eigenvalue weighted by atomic mass is 16.4. The first-order chi connectivity index (χ1) is 7.68. The van der Waals surface area contributed by atoms with Crippen LogP contribution >= 0.6 is 0 Å². The van der Waals surface area contributed by atoms with Gasteiger partial charge in [-0.3, -0.25) is 9.69 Å². The first-order valence-electron chi connectivity index (χ1n) is 5.70. The molecule has 0 saturated carbocycles. The first-order valence-corrected chi connectivity index (χ1v) is 5.70. The fourth-order valence-electron chi connectivity index (χ4n) is 2.28. The summed E-state index contributed by atoms with van der Waals surface area (Å²) in [5, 5.41) is 8.96. The summed E-state index contributed by atoms with van der Waals surface area (Å²) in [4.78, 5) is 13.1. The zero-order valence-electron chi connectivity index (χ0n) is 9.47. The lowest BCUT2D eigenvalue weighted by Gasteiger charge is -2.24. The van der Waals surface area contributed by atoms with Crippen molar-refractivity contribution in [3.63, 3.8) is 0 Å². The number of likely N-dealkylation sites (tertiary alicyclic amines) is 1. The second-order valence-corrected chi connectivity index (χ2v) is 4.41. The molecule has 0 amide bonds. The maximum absolute atomic E-state index is 10.9. The molecule has 1 aliphatic rings. The third-order valence-corrected chi connectivity index (χ3v) is 3.40. The zero-order chi connectivity index (χ0) is 11.5. The Morgan fingerprint density at radius 3 is 2.69 bits per heavy atom. The molecule has 1 fully saturated rings. The van der Waals surface area contributed by atoms with Crippen molar-refractivity contribution in [3.05, 3.63) is 35.9 Å².